The molecule has 160 valence electrons. The predicted molar refractivity (Wildman–Crippen MR) is 128 cm³/mol. The summed E-state index contributed by atoms with van der Waals surface area (Å²) in [5.74, 6) is 0.138. The zero-order valence-corrected chi connectivity index (χ0v) is 18.0. The third kappa shape index (κ3) is 4.78. The zero-order valence-electron chi connectivity index (χ0n) is 18.0. The van der Waals surface area contributed by atoms with Crippen LogP contribution in [-0.2, 0) is 4.79 Å². The number of methoxy groups -OCH3 is 1. The molecule has 2 N–H and O–H groups in total. The van der Waals surface area contributed by atoms with E-state index in [1.165, 1.54) is 0 Å². The minimum atomic E-state index is -0.343. The van der Waals surface area contributed by atoms with E-state index in [1.807, 2.05) is 61.5 Å². The molecule has 0 unspecified atom stereocenters. The molecule has 0 spiro atoms. The van der Waals surface area contributed by atoms with Crippen LogP contribution in [0.2, 0.25) is 0 Å². The maximum atomic E-state index is 12.9. The molecule has 0 aliphatic rings. The lowest BCUT2D eigenvalue weighted by Gasteiger charge is -2.14. The first-order valence-corrected chi connectivity index (χ1v) is 10.4. The summed E-state index contributed by atoms with van der Waals surface area (Å²) >= 11 is 0. The molecule has 0 aromatic heterocycles. The van der Waals surface area contributed by atoms with Gasteiger partial charge in [-0.2, -0.15) is 0 Å². The summed E-state index contributed by atoms with van der Waals surface area (Å²) in [4.78, 5) is 25.3. The number of rotatable bonds is 6. The van der Waals surface area contributed by atoms with Crippen LogP contribution in [0.25, 0.3) is 10.8 Å². The van der Waals surface area contributed by atoms with Crippen molar-refractivity contribution in [2.75, 3.05) is 17.7 Å². The fourth-order valence-corrected chi connectivity index (χ4v) is 3.51. The van der Waals surface area contributed by atoms with Crippen LogP contribution >= 0.6 is 0 Å². The van der Waals surface area contributed by atoms with Gasteiger partial charge in [-0.15, -0.1) is 0 Å². The van der Waals surface area contributed by atoms with Gasteiger partial charge in [-0.25, -0.2) is 0 Å². The summed E-state index contributed by atoms with van der Waals surface area (Å²) in [7, 11) is 1.64. The molecule has 0 aliphatic heterocycles. The molecule has 4 rings (SSSR count). The maximum Gasteiger partial charge on any atom is 0.255 e. The van der Waals surface area contributed by atoms with Gasteiger partial charge in [0.15, 0.2) is 0 Å². The number of nitrogens with one attached hydrogen (secondary N) is 2. The molecular formula is C27H24N2O3. The molecule has 5 heteroatoms. The molecular weight excluding hydrogens is 400 g/mol. The standard InChI is InChI=1S/C27H24N2O3/c1-18(20-11-12-22-16-25(32-2)14-13-21(22)15-20)26(30)28-23-9-6-10-24(17-23)29-27(31)19-7-4-3-5-8-19/h3-18H,1-2H3,(H,28,30)(H,29,31)/t18-/m0/s1. The summed E-state index contributed by atoms with van der Waals surface area (Å²) in [6.45, 7) is 1.88. The van der Waals surface area contributed by atoms with Gasteiger partial charge >= 0.3 is 0 Å². The Balaban J connectivity index is 1.46. The number of benzene rings is 4. The summed E-state index contributed by atoms with van der Waals surface area (Å²) < 4.78 is 5.27. The molecule has 0 bridgehead atoms. The Morgan fingerprint density at radius 3 is 2.19 bits per heavy atom. The minimum absolute atomic E-state index is 0.121. The molecule has 0 fully saturated rings. The summed E-state index contributed by atoms with van der Waals surface area (Å²) in [6.07, 6.45) is 0. The quantitative estimate of drug-likeness (QED) is 0.408. The fourth-order valence-electron chi connectivity index (χ4n) is 3.51. The molecule has 4 aromatic carbocycles. The van der Waals surface area contributed by atoms with E-state index in [4.69, 9.17) is 4.74 Å². The number of carbonyl (C=O) groups is 2. The summed E-state index contributed by atoms with van der Waals surface area (Å²) in [5, 5.41) is 7.92. The Bertz CT molecular complexity index is 1270. The predicted octanol–water partition coefficient (Wildman–Crippen LogP) is 5.84. The second-order valence-electron chi connectivity index (χ2n) is 7.58. The topological polar surface area (TPSA) is 67.4 Å². The lowest BCUT2D eigenvalue weighted by Crippen LogP contribution is -2.19. The normalized spacial score (nSPS) is 11.6. The lowest BCUT2D eigenvalue weighted by atomic mass is 9.97. The summed E-state index contributed by atoms with van der Waals surface area (Å²) in [6, 6.07) is 28.0. The largest absolute Gasteiger partial charge is 0.497 e. The Morgan fingerprint density at radius 2 is 1.44 bits per heavy atom. The Kier molecular flexibility index (Phi) is 6.17. The number of hydrogen-bond acceptors (Lipinski definition) is 3. The van der Waals surface area contributed by atoms with Gasteiger partial charge in [-0.1, -0.05) is 48.5 Å². The first-order chi connectivity index (χ1) is 15.5. The Labute approximate surface area is 187 Å². The first kappa shape index (κ1) is 21.1. The number of ether oxygens (including phenoxy) is 1. The number of hydrogen-bond donors (Lipinski definition) is 2. The molecule has 0 aliphatic carbocycles. The van der Waals surface area contributed by atoms with Gasteiger partial charge in [0.2, 0.25) is 5.91 Å². The molecule has 5 nitrogen and oxygen atoms in total. The van der Waals surface area contributed by atoms with Crippen LogP contribution in [0.1, 0.15) is 28.8 Å². The average Bonchev–Trinajstić information content (AvgIpc) is 2.83. The van der Waals surface area contributed by atoms with Gasteiger partial charge in [0.1, 0.15) is 5.75 Å². The van der Waals surface area contributed by atoms with Crippen molar-refractivity contribution in [3.63, 3.8) is 0 Å². The van der Waals surface area contributed by atoms with Crippen molar-refractivity contribution in [3.05, 3.63) is 102 Å². The third-order valence-electron chi connectivity index (χ3n) is 5.39. The highest BCUT2D eigenvalue weighted by Gasteiger charge is 2.16. The van der Waals surface area contributed by atoms with Gasteiger partial charge in [0.05, 0.1) is 13.0 Å². The van der Waals surface area contributed by atoms with E-state index in [-0.39, 0.29) is 17.7 Å². The maximum absolute atomic E-state index is 12.9. The smallest absolute Gasteiger partial charge is 0.255 e. The molecule has 0 saturated heterocycles. The SMILES string of the molecule is COc1ccc2cc([C@H](C)C(=O)Nc3cccc(NC(=O)c4ccccc4)c3)ccc2c1. The monoisotopic (exact) mass is 424 g/mol. The Morgan fingerprint density at radius 1 is 0.750 bits per heavy atom. The van der Waals surface area contributed by atoms with Crippen molar-refractivity contribution >= 4 is 34.0 Å². The molecule has 2 amide bonds. The van der Waals surface area contributed by atoms with Gasteiger partial charge in [-0.3, -0.25) is 9.59 Å². The molecule has 32 heavy (non-hydrogen) atoms. The van der Waals surface area contributed by atoms with Crippen LogP contribution in [0.3, 0.4) is 0 Å². The van der Waals surface area contributed by atoms with Crippen molar-refractivity contribution in [1.29, 1.82) is 0 Å². The van der Waals surface area contributed by atoms with Crippen molar-refractivity contribution in [3.8, 4) is 5.75 Å². The van der Waals surface area contributed by atoms with E-state index in [1.54, 1.807) is 43.5 Å². The van der Waals surface area contributed by atoms with Crippen molar-refractivity contribution < 1.29 is 14.3 Å². The second-order valence-corrected chi connectivity index (χ2v) is 7.58. The second kappa shape index (κ2) is 9.35. The molecule has 0 saturated carbocycles. The van der Waals surface area contributed by atoms with Gasteiger partial charge in [-0.05, 0) is 65.7 Å². The van der Waals surface area contributed by atoms with Crippen molar-refractivity contribution in [2.45, 2.75) is 12.8 Å². The minimum Gasteiger partial charge on any atom is -0.497 e. The van der Waals surface area contributed by atoms with E-state index >= 15 is 0 Å². The Hall–Kier alpha value is -4.12. The first-order valence-electron chi connectivity index (χ1n) is 10.4. The number of amides is 2. The van der Waals surface area contributed by atoms with Crippen molar-refractivity contribution in [1.82, 2.24) is 0 Å². The van der Waals surface area contributed by atoms with Crippen LogP contribution in [0.4, 0.5) is 11.4 Å². The average molecular weight is 425 g/mol. The highest BCUT2D eigenvalue weighted by molar-refractivity contribution is 6.05. The van der Waals surface area contributed by atoms with Crippen LogP contribution in [0.5, 0.6) is 5.75 Å². The van der Waals surface area contributed by atoms with Crippen LogP contribution in [0.15, 0.2) is 91.0 Å². The van der Waals surface area contributed by atoms with E-state index in [2.05, 4.69) is 10.6 Å². The summed E-state index contributed by atoms with van der Waals surface area (Å²) in [5.41, 5.74) is 2.74. The fraction of sp³-hybridized carbons (Fsp3) is 0.111. The van der Waals surface area contributed by atoms with Crippen molar-refractivity contribution in [2.24, 2.45) is 0 Å². The molecule has 0 heterocycles. The van der Waals surface area contributed by atoms with Gasteiger partial charge in [0, 0.05) is 16.9 Å². The molecule has 1 atom stereocenters. The van der Waals surface area contributed by atoms with Gasteiger partial charge < -0.3 is 15.4 Å². The lowest BCUT2D eigenvalue weighted by molar-refractivity contribution is -0.117. The van der Waals surface area contributed by atoms with Crippen LogP contribution < -0.4 is 15.4 Å². The number of anilines is 2. The van der Waals surface area contributed by atoms with Crippen LogP contribution in [-0.4, -0.2) is 18.9 Å². The number of carbonyl (C=O) groups excluding carboxylic acids is 2. The third-order valence-corrected chi connectivity index (χ3v) is 5.39. The molecule has 0 radical (unpaired) electrons. The van der Waals surface area contributed by atoms with E-state index in [0.29, 0.717) is 16.9 Å². The van der Waals surface area contributed by atoms with E-state index in [9.17, 15) is 9.59 Å². The van der Waals surface area contributed by atoms with Crippen LogP contribution in [0, 0.1) is 0 Å². The zero-order chi connectivity index (χ0) is 22.5. The highest BCUT2D eigenvalue weighted by atomic mass is 16.5. The van der Waals surface area contributed by atoms with E-state index in [0.717, 1.165) is 22.1 Å². The number of fused-ring (bicyclic) bond motifs is 1. The van der Waals surface area contributed by atoms with Gasteiger partial charge in [0.25, 0.3) is 5.91 Å². The van der Waals surface area contributed by atoms with E-state index < -0.39 is 0 Å². The molecule has 4 aromatic rings. The highest BCUT2D eigenvalue weighted by Crippen LogP contribution is 2.26.